The van der Waals surface area contributed by atoms with E-state index in [2.05, 4.69) is 10.6 Å². The Morgan fingerprint density at radius 1 is 1.53 bits per heavy atom. The van der Waals surface area contributed by atoms with E-state index in [4.69, 9.17) is 0 Å². The molecule has 2 N–H and O–H groups in total. The van der Waals surface area contributed by atoms with Crippen molar-refractivity contribution in [2.45, 2.75) is 12.8 Å². The first-order chi connectivity index (χ1) is 6.99. The molecule has 5 nitrogen and oxygen atoms in total. The van der Waals surface area contributed by atoms with E-state index in [1.807, 2.05) is 0 Å². The molecule has 0 radical (unpaired) electrons. The first kappa shape index (κ1) is 12.4. The number of carbonyl (C=O) groups excluding carboxylic acids is 1. The molecule has 1 heterocycles. The highest BCUT2D eigenvalue weighted by molar-refractivity contribution is 7.90. The number of hydrogen-bond acceptors (Lipinski definition) is 4. The molecule has 6 heteroatoms. The van der Waals surface area contributed by atoms with Gasteiger partial charge in [-0.3, -0.25) is 4.79 Å². The molecule has 0 aromatic heterocycles. The highest BCUT2D eigenvalue weighted by atomic mass is 32.2. The van der Waals surface area contributed by atoms with Gasteiger partial charge in [0, 0.05) is 19.3 Å². The van der Waals surface area contributed by atoms with Crippen LogP contribution in [0.5, 0.6) is 0 Å². The lowest BCUT2D eigenvalue weighted by Crippen LogP contribution is -2.41. The van der Waals surface area contributed by atoms with Gasteiger partial charge in [-0.1, -0.05) is 0 Å². The van der Waals surface area contributed by atoms with Crippen molar-refractivity contribution in [2.75, 3.05) is 31.6 Å². The summed E-state index contributed by atoms with van der Waals surface area (Å²) in [4.78, 5) is 11.5. The quantitative estimate of drug-likeness (QED) is 0.664. The van der Waals surface area contributed by atoms with Crippen molar-refractivity contribution >= 4 is 15.7 Å². The lowest BCUT2D eigenvalue weighted by atomic mass is 9.99. The molecular formula is C9H18N2O3S. The van der Waals surface area contributed by atoms with Crippen molar-refractivity contribution < 1.29 is 13.2 Å². The molecule has 0 bridgehead atoms. The Morgan fingerprint density at radius 3 is 2.80 bits per heavy atom. The first-order valence-corrected chi connectivity index (χ1v) is 7.21. The third-order valence-corrected chi connectivity index (χ3v) is 3.39. The predicted molar refractivity (Wildman–Crippen MR) is 58.3 cm³/mol. The molecule has 0 aliphatic carbocycles. The van der Waals surface area contributed by atoms with Gasteiger partial charge in [-0.2, -0.15) is 0 Å². The molecule has 1 fully saturated rings. The van der Waals surface area contributed by atoms with Crippen LogP contribution < -0.4 is 10.6 Å². The molecule has 1 aliphatic rings. The van der Waals surface area contributed by atoms with Gasteiger partial charge in [-0.15, -0.1) is 0 Å². The van der Waals surface area contributed by atoms with Gasteiger partial charge < -0.3 is 10.6 Å². The molecule has 0 spiro atoms. The van der Waals surface area contributed by atoms with Gasteiger partial charge in [0.2, 0.25) is 5.91 Å². The van der Waals surface area contributed by atoms with Gasteiger partial charge in [0.1, 0.15) is 9.84 Å². The van der Waals surface area contributed by atoms with Crippen LogP contribution in [0.2, 0.25) is 0 Å². The summed E-state index contributed by atoms with van der Waals surface area (Å²) in [7, 11) is -2.98. The van der Waals surface area contributed by atoms with Crippen molar-refractivity contribution in [2.24, 2.45) is 5.92 Å². The van der Waals surface area contributed by atoms with Crippen molar-refractivity contribution in [1.29, 1.82) is 0 Å². The summed E-state index contributed by atoms with van der Waals surface area (Å²) in [5.41, 5.74) is 0. The zero-order valence-electron chi connectivity index (χ0n) is 8.95. The molecule has 0 aromatic carbocycles. The van der Waals surface area contributed by atoms with E-state index >= 15 is 0 Å². The Hall–Kier alpha value is -0.620. The number of carbonyl (C=O) groups is 1. The van der Waals surface area contributed by atoms with E-state index in [0.717, 1.165) is 19.4 Å². The molecule has 0 aromatic rings. The van der Waals surface area contributed by atoms with Crippen molar-refractivity contribution in [1.82, 2.24) is 10.6 Å². The normalized spacial score (nSPS) is 22.3. The number of amides is 1. The van der Waals surface area contributed by atoms with Crippen molar-refractivity contribution in [3.63, 3.8) is 0 Å². The number of rotatable bonds is 4. The average Bonchev–Trinajstić information content (AvgIpc) is 2.17. The second-order valence-corrected chi connectivity index (χ2v) is 6.22. The molecule has 1 saturated heterocycles. The third-order valence-electron chi connectivity index (χ3n) is 2.44. The van der Waals surface area contributed by atoms with Crippen LogP contribution in [0.25, 0.3) is 0 Å². The third kappa shape index (κ3) is 5.13. The maximum atomic E-state index is 11.5. The molecule has 15 heavy (non-hydrogen) atoms. The molecule has 1 aliphatic heterocycles. The minimum atomic E-state index is -2.98. The molecule has 0 saturated carbocycles. The fourth-order valence-corrected chi connectivity index (χ4v) is 2.05. The zero-order chi connectivity index (χ0) is 11.3. The largest absolute Gasteiger partial charge is 0.355 e. The van der Waals surface area contributed by atoms with Gasteiger partial charge in [0.25, 0.3) is 0 Å². The minimum Gasteiger partial charge on any atom is -0.355 e. The summed E-state index contributed by atoms with van der Waals surface area (Å²) in [6, 6.07) is 0. The predicted octanol–water partition coefficient (Wildman–Crippen LogP) is -0.853. The average molecular weight is 234 g/mol. The Kier molecular flexibility index (Phi) is 4.53. The van der Waals surface area contributed by atoms with Gasteiger partial charge in [0.05, 0.1) is 11.7 Å². The standard InChI is InChI=1S/C9H18N2O3S/c1-15(13,14)6-5-11-9(12)8-3-2-4-10-7-8/h8,10H,2-7H2,1H3,(H,11,12). The van der Waals surface area contributed by atoms with Crippen LogP contribution in [-0.2, 0) is 14.6 Å². The highest BCUT2D eigenvalue weighted by Gasteiger charge is 2.20. The number of hydrogen-bond donors (Lipinski definition) is 2. The minimum absolute atomic E-state index is 0.00156. The van der Waals surface area contributed by atoms with Gasteiger partial charge in [-0.05, 0) is 19.4 Å². The Labute approximate surface area is 90.5 Å². The summed E-state index contributed by atoms with van der Waals surface area (Å²) in [5, 5.41) is 5.79. The van der Waals surface area contributed by atoms with Crippen LogP contribution in [0.3, 0.4) is 0 Å². The number of sulfone groups is 1. The molecule has 1 atom stereocenters. The second kappa shape index (κ2) is 5.46. The van der Waals surface area contributed by atoms with E-state index in [-0.39, 0.29) is 24.1 Å². The lowest BCUT2D eigenvalue weighted by molar-refractivity contribution is -0.125. The van der Waals surface area contributed by atoms with Crippen LogP contribution in [0, 0.1) is 5.92 Å². The molecule has 1 amide bonds. The van der Waals surface area contributed by atoms with E-state index in [1.54, 1.807) is 0 Å². The maximum Gasteiger partial charge on any atom is 0.224 e. The Morgan fingerprint density at radius 2 is 2.27 bits per heavy atom. The van der Waals surface area contributed by atoms with Crippen LogP contribution in [-0.4, -0.2) is 46.0 Å². The molecule has 1 unspecified atom stereocenters. The van der Waals surface area contributed by atoms with Crippen LogP contribution in [0.1, 0.15) is 12.8 Å². The fourth-order valence-electron chi connectivity index (χ4n) is 1.58. The summed E-state index contributed by atoms with van der Waals surface area (Å²) >= 11 is 0. The van der Waals surface area contributed by atoms with Gasteiger partial charge >= 0.3 is 0 Å². The molecule has 88 valence electrons. The molecular weight excluding hydrogens is 216 g/mol. The Bertz CT molecular complexity index is 307. The number of piperidine rings is 1. The number of nitrogens with one attached hydrogen (secondary N) is 2. The summed E-state index contributed by atoms with van der Waals surface area (Å²) in [5.74, 6) is -0.0250. The fraction of sp³-hybridized carbons (Fsp3) is 0.889. The van der Waals surface area contributed by atoms with E-state index < -0.39 is 9.84 Å². The monoisotopic (exact) mass is 234 g/mol. The molecule has 1 rings (SSSR count). The van der Waals surface area contributed by atoms with E-state index in [1.165, 1.54) is 6.26 Å². The lowest BCUT2D eigenvalue weighted by Gasteiger charge is -2.21. The zero-order valence-corrected chi connectivity index (χ0v) is 9.77. The Balaban J connectivity index is 2.23. The second-order valence-electron chi connectivity index (χ2n) is 3.96. The van der Waals surface area contributed by atoms with Crippen molar-refractivity contribution in [3.05, 3.63) is 0 Å². The van der Waals surface area contributed by atoms with Crippen LogP contribution in [0.15, 0.2) is 0 Å². The SMILES string of the molecule is CS(=O)(=O)CCNC(=O)C1CCCNC1. The topological polar surface area (TPSA) is 75.3 Å². The summed E-state index contributed by atoms with van der Waals surface area (Å²) in [6.45, 7) is 1.88. The summed E-state index contributed by atoms with van der Waals surface area (Å²) < 4.78 is 21.7. The van der Waals surface area contributed by atoms with Gasteiger partial charge in [-0.25, -0.2) is 8.42 Å². The van der Waals surface area contributed by atoms with Crippen molar-refractivity contribution in [3.8, 4) is 0 Å². The first-order valence-electron chi connectivity index (χ1n) is 5.15. The smallest absolute Gasteiger partial charge is 0.224 e. The van der Waals surface area contributed by atoms with Crippen LogP contribution in [0.4, 0.5) is 0 Å². The summed E-state index contributed by atoms with van der Waals surface area (Å²) in [6.07, 6.45) is 3.06. The van der Waals surface area contributed by atoms with Gasteiger partial charge in [0.15, 0.2) is 0 Å². The van der Waals surface area contributed by atoms with E-state index in [0.29, 0.717) is 6.54 Å². The maximum absolute atomic E-state index is 11.5. The van der Waals surface area contributed by atoms with E-state index in [9.17, 15) is 13.2 Å². The van der Waals surface area contributed by atoms with Crippen LogP contribution >= 0.6 is 0 Å². The highest BCUT2D eigenvalue weighted by Crippen LogP contribution is 2.09.